The van der Waals surface area contributed by atoms with Gasteiger partial charge in [-0.3, -0.25) is 0 Å². The summed E-state index contributed by atoms with van der Waals surface area (Å²) < 4.78 is 23.5. The summed E-state index contributed by atoms with van der Waals surface area (Å²) >= 11 is 0. The summed E-state index contributed by atoms with van der Waals surface area (Å²) in [5.74, 6) is 0.120. The van der Waals surface area contributed by atoms with Gasteiger partial charge in [-0.15, -0.1) is 0 Å². The largest absolute Gasteiger partial charge is 0.383 e. The molecule has 2 aromatic rings. The first-order valence-electron chi connectivity index (χ1n) is 7.04. The maximum Gasteiger partial charge on any atom is 0.170 e. The smallest absolute Gasteiger partial charge is 0.170 e. The van der Waals surface area contributed by atoms with Crippen LogP contribution >= 0.6 is 0 Å². The van der Waals surface area contributed by atoms with Crippen LogP contribution in [0.4, 0.5) is 4.39 Å². The van der Waals surface area contributed by atoms with E-state index in [2.05, 4.69) is 10.1 Å². The van der Waals surface area contributed by atoms with Crippen molar-refractivity contribution in [1.29, 1.82) is 0 Å². The van der Waals surface area contributed by atoms with E-state index in [9.17, 15) is 4.39 Å². The van der Waals surface area contributed by atoms with Gasteiger partial charge in [-0.1, -0.05) is 5.16 Å². The SMILES string of the molecule is COCCN1CCC(c2noc3cc(F)ccc23)CC1. The van der Waals surface area contributed by atoms with Gasteiger partial charge in [0.25, 0.3) is 0 Å². The topological polar surface area (TPSA) is 38.5 Å². The molecule has 1 aliphatic heterocycles. The van der Waals surface area contributed by atoms with Gasteiger partial charge in [0.05, 0.1) is 12.3 Å². The van der Waals surface area contributed by atoms with Crippen molar-refractivity contribution in [3.63, 3.8) is 0 Å². The molecule has 0 atom stereocenters. The van der Waals surface area contributed by atoms with Crippen LogP contribution in [0.3, 0.4) is 0 Å². The molecule has 3 rings (SSSR count). The number of aromatic nitrogens is 1. The molecule has 1 fully saturated rings. The second-order valence-corrected chi connectivity index (χ2v) is 5.32. The minimum atomic E-state index is -0.283. The molecule has 1 aromatic heterocycles. The number of fused-ring (bicyclic) bond motifs is 1. The Morgan fingerprint density at radius 1 is 1.40 bits per heavy atom. The zero-order valence-electron chi connectivity index (χ0n) is 11.6. The summed E-state index contributed by atoms with van der Waals surface area (Å²) in [6.45, 7) is 3.85. The van der Waals surface area contributed by atoms with E-state index in [0.29, 0.717) is 11.5 Å². The Kier molecular flexibility index (Phi) is 3.98. The number of likely N-dealkylation sites (tertiary alicyclic amines) is 1. The number of hydrogen-bond acceptors (Lipinski definition) is 4. The lowest BCUT2D eigenvalue weighted by Gasteiger charge is -2.30. The average Bonchev–Trinajstić information content (AvgIpc) is 2.88. The van der Waals surface area contributed by atoms with Crippen molar-refractivity contribution in [3.05, 3.63) is 29.7 Å². The molecule has 1 aliphatic rings. The fourth-order valence-corrected chi connectivity index (χ4v) is 2.88. The molecule has 0 unspecified atom stereocenters. The van der Waals surface area contributed by atoms with Crippen molar-refractivity contribution in [2.45, 2.75) is 18.8 Å². The van der Waals surface area contributed by atoms with E-state index < -0.39 is 0 Å². The van der Waals surface area contributed by atoms with Crippen LogP contribution in [0.2, 0.25) is 0 Å². The normalized spacial score (nSPS) is 17.9. The molecule has 0 saturated carbocycles. The molecule has 0 aliphatic carbocycles. The van der Waals surface area contributed by atoms with Crippen LogP contribution < -0.4 is 0 Å². The highest BCUT2D eigenvalue weighted by Gasteiger charge is 2.24. The van der Waals surface area contributed by atoms with E-state index in [-0.39, 0.29) is 5.82 Å². The number of hydrogen-bond donors (Lipinski definition) is 0. The van der Waals surface area contributed by atoms with Gasteiger partial charge in [0.2, 0.25) is 0 Å². The van der Waals surface area contributed by atoms with E-state index in [1.54, 1.807) is 13.2 Å². The Morgan fingerprint density at radius 3 is 2.95 bits per heavy atom. The third-order valence-electron chi connectivity index (χ3n) is 4.05. The summed E-state index contributed by atoms with van der Waals surface area (Å²) in [6.07, 6.45) is 2.12. The van der Waals surface area contributed by atoms with Crippen molar-refractivity contribution >= 4 is 11.0 Å². The zero-order chi connectivity index (χ0) is 13.9. The Morgan fingerprint density at radius 2 is 2.20 bits per heavy atom. The first-order valence-corrected chi connectivity index (χ1v) is 7.04. The molecule has 0 radical (unpaired) electrons. The standard InChI is InChI=1S/C15H19FN2O2/c1-19-9-8-18-6-4-11(5-7-18)15-13-3-2-12(16)10-14(13)20-17-15/h2-3,10-11H,4-9H2,1H3. The molecule has 0 amide bonds. The van der Waals surface area contributed by atoms with Gasteiger partial charge in [-0.25, -0.2) is 4.39 Å². The highest BCUT2D eigenvalue weighted by atomic mass is 19.1. The monoisotopic (exact) mass is 278 g/mol. The predicted molar refractivity (Wildman–Crippen MR) is 74.3 cm³/mol. The molecule has 1 aromatic carbocycles. The molecular weight excluding hydrogens is 259 g/mol. The fraction of sp³-hybridized carbons (Fsp3) is 0.533. The van der Waals surface area contributed by atoms with Gasteiger partial charge in [0.1, 0.15) is 5.82 Å². The molecule has 0 bridgehead atoms. The van der Waals surface area contributed by atoms with E-state index in [0.717, 1.165) is 50.2 Å². The Labute approximate surface area is 117 Å². The van der Waals surface area contributed by atoms with Crippen LogP contribution in [0.25, 0.3) is 11.0 Å². The average molecular weight is 278 g/mol. The summed E-state index contributed by atoms with van der Waals surface area (Å²) in [5.41, 5.74) is 1.52. The van der Waals surface area contributed by atoms with Crippen molar-refractivity contribution in [3.8, 4) is 0 Å². The van der Waals surface area contributed by atoms with Gasteiger partial charge in [-0.2, -0.15) is 0 Å². The maximum atomic E-state index is 13.2. The Hall–Kier alpha value is -1.46. The quantitative estimate of drug-likeness (QED) is 0.862. The number of ether oxygens (including phenoxy) is 1. The molecule has 0 N–H and O–H groups in total. The lowest BCUT2D eigenvalue weighted by Crippen LogP contribution is -2.35. The van der Waals surface area contributed by atoms with Crippen molar-refractivity contribution in [2.75, 3.05) is 33.4 Å². The lowest BCUT2D eigenvalue weighted by atomic mass is 9.91. The van der Waals surface area contributed by atoms with Crippen LogP contribution in [0.1, 0.15) is 24.5 Å². The van der Waals surface area contributed by atoms with Gasteiger partial charge in [0, 0.05) is 31.0 Å². The second-order valence-electron chi connectivity index (χ2n) is 5.32. The number of methoxy groups -OCH3 is 1. The Balaban J connectivity index is 1.70. The number of nitrogens with zero attached hydrogens (tertiary/aromatic N) is 2. The highest BCUT2D eigenvalue weighted by molar-refractivity contribution is 5.79. The number of rotatable bonds is 4. The molecule has 1 saturated heterocycles. The van der Waals surface area contributed by atoms with E-state index in [4.69, 9.17) is 9.26 Å². The summed E-state index contributed by atoms with van der Waals surface area (Å²) in [7, 11) is 1.73. The molecule has 108 valence electrons. The highest BCUT2D eigenvalue weighted by Crippen LogP contribution is 2.32. The van der Waals surface area contributed by atoms with Gasteiger partial charge >= 0.3 is 0 Å². The number of halogens is 1. The number of piperidine rings is 1. The zero-order valence-corrected chi connectivity index (χ0v) is 11.6. The molecule has 2 heterocycles. The third kappa shape index (κ3) is 2.69. The van der Waals surface area contributed by atoms with Gasteiger partial charge < -0.3 is 14.2 Å². The van der Waals surface area contributed by atoms with Crippen molar-refractivity contribution in [1.82, 2.24) is 10.1 Å². The Bertz CT molecular complexity index is 576. The summed E-state index contributed by atoms with van der Waals surface area (Å²) in [4.78, 5) is 2.40. The minimum Gasteiger partial charge on any atom is -0.383 e. The third-order valence-corrected chi connectivity index (χ3v) is 4.05. The molecule has 5 heteroatoms. The van der Waals surface area contributed by atoms with E-state index in [1.807, 2.05) is 0 Å². The van der Waals surface area contributed by atoms with Crippen molar-refractivity contribution < 1.29 is 13.7 Å². The lowest BCUT2D eigenvalue weighted by molar-refractivity contribution is 0.129. The fourth-order valence-electron chi connectivity index (χ4n) is 2.88. The molecule has 0 spiro atoms. The number of benzene rings is 1. The van der Waals surface area contributed by atoms with Crippen LogP contribution in [-0.2, 0) is 4.74 Å². The molecular formula is C15H19FN2O2. The second kappa shape index (κ2) is 5.89. The predicted octanol–water partition coefficient (Wildman–Crippen LogP) is 2.79. The maximum absolute atomic E-state index is 13.2. The minimum absolute atomic E-state index is 0.283. The van der Waals surface area contributed by atoms with E-state index in [1.165, 1.54) is 12.1 Å². The first kappa shape index (κ1) is 13.5. The van der Waals surface area contributed by atoms with Crippen LogP contribution in [0, 0.1) is 5.82 Å². The van der Waals surface area contributed by atoms with E-state index >= 15 is 0 Å². The van der Waals surface area contributed by atoms with Crippen molar-refractivity contribution in [2.24, 2.45) is 0 Å². The first-order chi connectivity index (χ1) is 9.78. The van der Waals surface area contributed by atoms with Gasteiger partial charge in [-0.05, 0) is 38.1 Å². The summed E-state index contributed by atoms with van der Waals surface area (Å²) in [5, 5.41) is 5.11. The summed E-state index contributed by atoms with van der Waals surface area (Å²) in [6, 6.07) is 4.64. The van der Waals surface area contributed by atoms with Crippen LogP contribution in [-0.4, -0.2) is 43.4 Å². The van der Waals surface area contributed by atoms with Crippen LogP contribution in [0.5, 0.6) is 0 Å². The molecule has 20 heavy (non-hydrogen) atoms. The van der Waals surface area contributed by atoms with Crippen LogP contribution in [0.15, 0.2) is 22.7 Å². The van der Waals surface area contributed by atoms with Gasteiger partial charge in [0.15, 0.2) is 5.58 Å². The molecule has 4 nitrogen and oxygen atoms in total.